The van der Waals surface area contributed by atoms with Crippen LogP contribution in [0.1, 0.15) is 42.3 Å². The molecular formula is C33H33NO6S. The number of amides is 1. The van der Waals surface area contributed by atoms with Gasteiger partial charge in [0.1, 0.15) is 11.5 Å². The summed E-state index contributed by atoms with van der Waals surface area (Å²) in [5.41, 5.74) is 1.79. The van der Waals surface area contributed by atoms with Gasteiger partial charge in [0, 0.05) is 18.5 Å². The van der Waals surface area contributed by atoms with Gasteiger partial charge in [-0.05, 0) is 74.4 Å². The van der Waals surface area contributed by atoms with Crippen LogP contribution >= 0.6 is 0 Å². The molecule has 0 saturated heterocycles. The van der Waals surface area contributed by atoms with Gasteiger partial charge in [-0.15, -0.1) is 0 Å². The molecule has 4 aromatic rings. The smallest absolute Gasteiger partial charge is 0.410 e. The van der Waals surface area contributed by atoms with E-state index in [0.717, 1.165) is 11.1 Å². The third-order valence-electron chi connectivity index (χ3n) is 6.45. The highest BCUT2D eigenvalue weighted by Crippen LogP contribution is 2.29. The Hall–Kier alpha value is -4.43. The van der Waals surface area contributed by atoms with E-state index in [9.17, 15) is 18.0 Å². The highest BCUT2D eigenvalue weighted by molar-refractivity contribution is 7.91. The van der Waals surface area contributed by atoms with Crippen LogP contribution in [-0.2, 0) is 27.5 Å². The molecule has 41 heavy (non-hydrogen) atoms. The van der Waals surface area contributed by atoms with Gasteiger partial charge in [0.25, 0.3) is 0 Å². The van der Waals surface area contributed by atoms with E-state index in [1.807, 2.05) is 51.1 Å². The lowest BCUT2D eigenvalue weighted by Gasteiger charge is -2.34. The van der Waals surface area contributed by atoms with Crippen molar-refractivity contribution in [1.82, 2.24) is 4.90 Å². The van der Waals surface area contributed by atoms with Gasteiger partial charge in [-0.2, -0.15) is 0 Å². The number of carbonyl (C=O) groups is 2. The van der Waals surface area contributed by atoms with Crippen molar-refractivity contribution in [2.24, 2.45) is 0 Å². The maximum atomic E-state index is 13.3. The summed E-state index contributed by atoms with van der Waals surface area (Å²) in [7, 11) is -3.82. The standard InChI is InChI=1S/C33H33NO6S/c1-33(2,3)34(23-26-10-5-4-6-11-26)32(36)39-21-20-25-16-18-29(19-17-25)41(37,38)30-14-9-13-28(22-30)40-31-15-8-7-12-27(31)24-35/h4-19,22,24H,20-21,23H2,1-3H3. The van der Waals surface area contributed by atoms with Crippen LogP contribution in [0.2, 0.25) is 0 Å². The molecule has 4 rings (SSSR count). The molecule has 0 aliphatic heterocycles. The minimum atomic E-state index is -3.82. The lowest BCUT2D eigenvalue weighted by atomic mass is 10.1. The summed E-state index contributed by atoms with van der Waals surface area (Å²) in [6.45, 7) is 6.48. The topological polar surface area (TPSA) is 90.0 Å². The predicted molar refractivity (Wildman–Crippen MR) is 157 cm³/mol. The van der Waals surface area contributed by atoms with Crippen LogP contribution in [-0.4, -0.2) is 37.8 Å². The summed E-state index contributed by atoms with van der Waals surface area (Å²) in [6, 6.07) is 29.1. The first kappa shape index (κ1) is 29.6. The number of rotatable bonds is 10. The molecule has 0 saturated carbocycles. The number of hydrogen-bond acceptors (Lipinski definition) is 6. The van der Waals surface area contributed by atoms with E-state index in [1.54, 1.807) is 65.6 Å². The third-order valence-corrected chi connectivity index (χ3v) is 8.22. The van der Waals surface area contributed by atoms with Crippen molar-refractivity contribution >= 4 is 22.2 Å². The highest BCUT2D eigenvalue weighted by Gasteiger charge is 2.28. The fraction of sp³-hybridized carbons (Fsp3) is 0.212. The Morgan fingerprint density at radius 1 is 0.805 bits per heavy atom. The molecule has 0 radical (unpaired) electrons. The van der Waals surface area contributed by atoms with Crippen LogP contribution < -0.4 is 4.74 Å². The molecule has 212 valence electrons. The van der Waals surface area contributed by atoms with E-state index in [4.69, 9.17) is 9.47 Å². The Bertz CT molecular complexity index is 1590. The average Bonchev–Trinajstić information content (AvgIpc) is 2.96. The minimum absolute atomic E-state index is 0.0703. The predicted octanol–water partition coefficient (Wildman–Crippen LogP) is 7.10. The summed E-state index contributed by atoms with van der Waals surface area (Å²) >= 11 is 0. The van der Waals surface area contributed by atoms with E-state index < -0.39 is 21.5 Å². The number of ether oxygens (including phenoxy) is 2. The van der Waals surface area contributed by atoms with Gasteiger partial charge in [-0.3, -0.25) is 9.69 Å². The Labute approximate surface area is 241 Å². The molecule has 0 aromatic heterocycles. The number of para-hydroxylation sites is 1. The Balaban J connectivity index is 1.39. The normalized spacial score (nSPS) is 11.5. The molecule has 0 aliphatic carbocycles. The molecule has 0 heterocycles. The monoisotopic (exact) mass is 571 g/mol. The SMILES string of the molecule is CC(C)(C)N(Cc1ccccc1)C(=O)OCCc1ccc(S(=O)(=O)c2cccc(Oc3ccccc3C=O)c2)cc1. The van der Waals surface area contributed by atoms with Crippen molar-refractivity contribution in [3.05, 3.63) is 120 Å². The molecule has 0 fully saturated rings. The molecular weight excluding hydrogens is 538 g/mol. The Morgan fingerprint density at radius 3 is 2.17 bits per heavy atom. The fourth-order valence-electron chi connectivity index (χ4n) is 4.15. The van der Waals surface area contributed by atoms with Gasteiger partial charge < -0.3 is 9.47 Å². The highest BCUT2D eigenvalue weighted by atomic mass is 32.2. The molecule has 8 heteroatoms. The number of carbonyl (C=O) groups excluding carboxylic acids is 2. The summed E-state index contributed by atoms with van der Waals surface area (Å²) in [4.78, 5) is 26.1. The zero-order valence-corrected chi connectivity index (χ0v) is 24.1. The van der Waals surface area contributed by atoms with Gasteiger partial charge >= 0.3 is 6.09 Å². The summed E-state index contributed by atoms with van der Waals surface area (Å²) in [6.07, 6.45) is 0.719. The average molecular weight is 572 g/mol. The van der Waals surface area contributed by atoms with Crippen molar-refractivity contribution < 1.29 is 27.5 Å². The van der Waals surface area contributed by atoms with Crippen molar-refractivity contribution in [3.63, 3.8) is 0 Å². The van der Waals surface area contributed by atoms with Crippen molar-refractivity contribution in [3.8, 4) is 11.5 Å². The number of nitrogens with zero attached hydrogens (tertiary/aromatic N) is 1. The Morgan fingerprint density at radius 2 is 1.49 bits per heavy atom. The van der Waals surface area contributed by atoms with Crippen LogP contribution in [0.3, 0.4) is 0 Å². The number of sulfone groups is 1. The van der Waals surface area contributed by atoms with E-state index in [-0.39, 0.29) is 16.4 Å². The second-order valence-corrected chi connectivity index (χ2v) is 12.4. The largest absolute Gasteiger partial charge is 0.457 e. The van der Waals surface area contributed by atoms with Crippen LogP contribution in [0.15, 0.2) is 113 Å². The van der Waals surface area contributed by atoms with E-state index in [2.05, 4.69) is 0 Å². The van der Waals surface area contributed by atoms with Crippen LogP contribution in [0.4, 0.5) is 4.79 Å². The second-order valence-electron chi connectivity index (χ2n) is 10.5. The van der Waals surface area contributed by atoms with E-state index >= 15 is 0 Å². The fourth-order valence-corrected chi connectivity index (χ4v) is 5.45. The zero-order chi connectivity index (χ0) is 29.5. The molecule has 0 atom stereocenters. The van der Waals surface area contributed by atoms with Crippen LogP contribution in [0.25, 0.3) is 0 Å². The van der Waals surface area contributed by atoms with Crippen molar-refractivity contribution in [2.45, 2.75) is 49.1 Å². The van der Waals surface area contributed by atoms with Gasteiger partial charge in [0.2, 0.25) is 9.84 Å². The van der Waals surface area contributed by atoms with E-state index in [0.29, 0.717) is 36.3 Å². The number of hydrogen-bond donors (Lipinski definition) is 0. The first-order valence-corrected chi connectivity index (χ1v) is 14.7. The molecule has 0 aliphatic rings. The molecule has 0 bridgehead atoms. The van der Waals surface area contributed by atoms with Gasteiger partial charge in [-0.1, -0.05) is 60.7 Å². The van der Waals surface area contributed by atoms with Crippen molar-refractivity contribution in [2.75, 3.05) is 6.61 Å². The molecule has 0 unspecified atom stereocenters. The number of benzene rings is 4. The molecule has 0 spiro atoms. The molecule has 0 N–H and O–H groups in total. The maximum absolute atomic E-state index is 13.3. The minimum Gasteiger partial charge on any atom is -0.457 e. The van der Waals surface area contributed by atoms with Crippen LogP contribution in [0, 0.1) is 0 Å². The summed E-state index contributed by atoms with van der Waals surface area (Å²) < 4.78 is 38.0. The maximum Gasteiger partial charge on any atom is 0.410 e. The lowest BCUT2D eigenvalue weighted by Crippen LogP contribution is -2.45. The summed E-state index contributed by atoms with van der Waals surface area (Å²) in [5.74, 6) is 0.642. The second kappa shape index (κ2) is 12.8. The first-order chi connectivity index (χ1) is 19.6. The molecule has 7 nitrogen and oxygen atoms in total. The van der Waals surface area contributed by atoms with E-state index in [1.165, 1.54) is 12.1 Å². The summed E-state index contributed by atoms with van der Waals surface area (Å²) in [5, 5.41) is 0. The zero-order valence-electron chi connectivity index (χ0n) is 23.3. The van der Waals surface area contributed by atoms with Crippen LogP contribution in [0.5, 0.6) is 11.5 Å². The van der Waals surface area contributed by atoms with Gasteiger partial charge in [0.05, 0.1) is 22.0 Å². The third kappa shape index (κ3) is 7.61. The molecule has 4 aromatic carbocycles. The molecule has 1 amide bonds. The number of aldehydes is 1. The van der Waals surface area contributed by atoms with Gasteiger partial charge in [-0.25, -0.2) is 13.2 Å². The quantitative estimate of drug-likeness (QED) is 0.189. The Kier molecular flexibility index (Phi) is 9.24. The van der Waals surface area contributed by atoms with Gasteiger partial charge in [0.15, 0.2) is 6.29 Å². The first-order valence-electron chi connectivity index (χ1n) is 13.2. The van der Waals surface area contributed by atoms with Crippen molar-refractivity contribution in [1.29, 1.82) is 0 Å². The lowest BCUT2D eigenvalue weighted by molar-refractivity contribution is 0.0644.